The van der Waals surface area contributed by atoms with Crippen LogP contribution in [0.3, 0.4) is 0 Å². The molecule has 5 atom stereocenters. The minimum atomic E-state index is -1.64. The van der Waals surface area contributed by atoms with E-state index in [1.54, 1.807) is 0 Å². The molecule has 11 nitrogen and oxygen atoms in total. The van der Waals surface area contributed by atoms with Gasteiger partial charge in [0, 0.05) is 12.1 Å². The monoisotopic (exact) mass is 462 g/mol. The zero-order chi connectivity index (χ0) is 23.9. The second-order valence-electron chi connectivity index (χ2n) is 7.50. The van der Waals surface area contributed by atoms with Crippen molar-refractivity contribution in [2.75, 3.05) is 13.7 Å². The number of hydrogen-bond acceptors (Lipinski definition) is 11. The number of Topliss-reactive ketones (excluding diaryl/α,β-unsaturated/α-hetero) is 1. The number of fused-ring (bicyclic) bond motifs is 1. The molecule has 2 aliphatic rings. The fourth-order valence-electron chi connectivity index (χ4n) is 3.59. The number of phenols is 2. The Balaban J connectivity index is 1.54. The SMILES string of the molecule is COc1cc(O)cc2c1C(=O)/C(=C/c1ccc(O[C@@H]3O[C@H](CO)[C@@H](O)[C@H](O)[C@H]3O)c(O)c1)O2. The van der Waals surface area contributed by atoms with Crippen LogP contribution in [0.25, 0.3) is 6.08 Å². The van der Waals surface area contributed by atoms with Crippen molar-refractivity contribution >= 4 is 11.9 Å². The molecule has 0 amide bonds. The highest BCUT2D eigenvalue weighted by Crippen LogP contribution is 2.41. The first kappa shape index (κ1) is 22.8. The van der Waals surface area contributed by atoms with Crippen LogP contribution in [0.1, 0.15) is 15.9 Å². The number of rotatable bonds is 5. The Hall–Kier alpha value is -3.35. The lowest BCUT2D eigenvalue weighted by molar-refractivity contribution is -0.277. The number of benzene rings is 2. The second-order valence-corrected chi connectivity index (χ2v) is 7.50. The van der Waals surface area contributed by atoms with Gasteiger partial charge in [-0.05, 0) is 23.8 Å². The van der Waals surface area contributed by atoms with Crippen LogP contribution in [0, 0.1) is 0 Å². The zero-order valence-electron chi connectivity index (χ0n) is 17.3. The van der Waals surface area contributed by atoms with Gasteiger partial charge in [-0.25, -0.2) is 0 Å². The lowest BCUT2D eigenvalue weighted by Crippen LogP contribution is -2.60. The van der Waals surface area contributed by atoms with Crippen LogP contribution in [0.4, 0.5) is 0 Å². The van der Waals surface area contributed by atoms with Crippen LogP contribution in [0.2, 0.25) is 0 Å². The van der Waals surface area contributed by atoms with Gasteiger partial charge in [0.25, 0.3) is 0 Å². The largest absolute Gasteiger partial charge is 0.508 e. The summed E-state index contributed by atoms with van der Waals surface area (Å²) in [5, 5.41) is 59.1. The molecule has 0 radical (unpaired) electrons. The first-order valence-corrected chi connectivity index (χ1v) is 9.89. The minimum Gasteiger partial charge on any atom is -0.508 e. The van der Waals surface area contributed by atoms with Crippen LogP contribution in [0.15, 0.2) is 36.1 Å². The van der Waals surface area contributed by atoms with Gasteiger partial charge in [-0.1, -0.05) is 6.07 Å². The average molecular weight is 462 g/mol. The smallest absolute Gasteiger partial charge is 0.235 e. The van der Waals surface area contributed by atoms with Crippen molar-refractivity contribution in [1.29, 1.82) is 0 Å². The third-order valence-corrected chi connectivity index (χ3v) is 5.31. The molecule has 1 fully saturated rings. The molecule has 0 aromatic heterocycles. The van der Waals surface area contributed by atoms with E-state index in [9.17, 15) is 35.4 Å². The van der Waals surface area contributed by atoms with Gasteiger partial charge in [-0.3, -0.25) is 4.79 Å². The normalized spacial score (nSPS) is 27.8. The van der Waals surface area contributed by atoms with Crippen molar-refractivity contribution in [2.45, 2.75) is 30.7 Å². The third kappa shape index (κ3) is 4.19. The summed E-state index contributed by atoms with van der Waals surface area (Å²) in [4.78, 5) is 12.7. The highest BCUT2D eigenvalue weighted by atomic mass is 16.7. The summed E-state index contributed by atoms with van der Waals surface area (Å²) in [5.74, 6) is -0.861. The number of ketones is 1. The maximum Gasteiger partial charge on any atom is 0.235 e. The molecule has 2 aromatic carbocycles. The van der Waals surface area contributed by atoms with E-state index in [1.165, 1.54) is 43.5 Å². The molecule has 0 unspecified atom stereocenters. The van der Waals surface area contributed by atoms with E-state index >= 15 is 0 Å². The van der Waals surface area contributed by atoms with Gasteiger partial charge in [0.15, 0.2) is 17.3 Å². The van der Waals surface area contributed by atoms with Gasteiger partial charge in [0.1, 0.15) is 47.2 Å². The van der Waals surface area contributed by atoms with Crippen molar-refractivity contribution < 1.29 is 54.4 Å². The predicted octanol–water partition coefficient (Wildman–Crippen LogP) is -0.0987. The minimum absolute atomic E-state index is 0.0594. The Labute approximate surface area is 187 Å². The van der Waals surface area contributed by atoms with E-state index in [1.807, 2.05) is 0 Å². The summed E-state index contributed by atoms with van der Waals surface area (Å²) in [7, 11) is 1.36. The zero-order valence-corrected chi connectivity index (χ0v) is 17.3. The molecule has 2 heterocycles. The maximum absolute atomic E-state index is 12.7. The summed E-state index contributed by atoms with van der Waals surface area (Å²) >= 11 is 0. The number of ether oxygens (including phenoxy) is 4. The fourth-order valence-corrected chi connectivity index (χ4v) is 3.59. The molecule has 11 heteroatoms. The Kier molecular flexibility index (Phi) is 6.15. The van der Waals surface area contributed by atoms with Crippen LogP contribution >= 0.6 is 0 Å². The number of aliphatic hydroxyl groups is 4. The highest BCUT2D eigenvalue weighted by molar-refractivity contribution is 6.16. The van der Waals surface area contributed by atoms with Crippen molar-refractivity contribution in [1.82, 2.24) is 0 Å². The summed E-state index contributed by atoms with van der Waals surface area (Å²) in [6.07, 6.45) is -6.07. The Bertz CT molecular complexity index is 1090. The lowest BCUT2D eigenvalue weighted by Gasteiger charge is -2.39. The summed E-state index contributed by atoms with van der Waals surface area (Å²) in [6.45, 7) is -0.623. The van der Waals surface area contributed by atoms with Gasteiger partial charge < -0.3 is 49.6 Å². The number of aromatic hydroxyl groups is 2. The summed E-state index contributed by atoms with van der Waals surface area (Å²) in [5.41, 5.74) is 0.529. The summed E-state index contributed by atoms with van der Waals surface area (Å²) in [6, 6.07) is 6.66. The van der Waals surface area contributed by atoms with Crippen LogP contribution in [-0.2, 0) is 4.74 Å². The van der Waals surface area contributed by atoms with Gasteiger partial charge in [0.2, 0.25) is 12.1 Å². The molecule has 0 aliphatic carbocycles. The van der Waals surface area contributed by atoms with Crippen LogP contribution < -0.4 is 14.2 Å². The molecule has 2 aliphatic heterocycles. The van der Waals surface area contributed by atoms with Gasteiger partial charge >= 0.3 is 0 Å². The number of hydrogen-bond donors (Lipinski definition) is 6. The molecule has 4 rings (SSSR count). The van der Waals surface area contributed by atoms with E-state index in [2.05, 4.69) is 0 Å². The Morgan fingerprint density at radius 1 is 1.03 bits per heavy atom. The average Bonchev–Trinajstić information content (AvgIpc) is 3.09. The quantitative estimate of drug-likeness (QED) is 0.327. The molecule has 2 aromatic rings. The molecular weight excluding hydrogens is 440 g/mol. The van der Waals surface area contributed by atoms with E-state index < -0.39 is 43.1 Å². The predicted molar refractivity (Wildman–Crippen MR) is 110 cm³/mol. The maximum atomic E-state index is 12.7. The molecule has 6 N–H and O–H groups in total. The van der Waals surface area contributed by atoms with Gasteiger partial charge in [-0.2, -0.15) is 0 Å². The van der Waals surface area contributed by atoms with E-state index in [0.29, 0.717) is 5.56 Å². The molecule has 0 bridgehead atoms. The Morgan fingerprint density at radius 2 is 1.79 bits per heavy atom. The number of methoxy groups -OCH3 is 1. The topological polar surface area (TPSA) is 175 Å². The number of aliphatic hydroxyl groups excluding tert-OH is 4. The third-order valence-electron chi connectivity index (χ3n) is 5.31. The molecule has 0 saturated carbocycles. The number of carbonyl (C=O) groups excluding carboxylic acids is 1. The van der Waals surface area contributed by atoms with Crippen molar-refractivity contribution in [2.24, 2.45) is 0 Å². The van der Waals surface area contributed by atoms with E-state index in [-0.39, 0.29) is 40.1 Å². The summed E-state index contributed by atoms with van der Waals surface area (Å²) < 4.78 is 21.3. The standard InChI is InChI=1S/C22H22O11/c1-30-13-6-10(24)7-14-17(13)18(26)15(31-14)5-9-2-3-12(11(25)4-9)32-22-21(29)20(28)19(27)16(8-23)33-22/h2-7,16,19-25,27-29H,8H2,1H3/b15-5-/t16-,19-,20+,21-,22-/m1/s1. The van der Waals surface area contributed by atoms with Gasteiger partial charge in [-0.15, -0.1) is 0 Å². The molecule has 33 heavy (non-hydrogen) atoms. The molecule has 176 valence electrons. The number of allylic oxidation sites excluding steroid dienone is 1. The lowest BCUT2D eigenvalue weighted by atomic mass is 9.99. The molecule has 1 saturated heterocycles. The van der Waals surface area contributed by atoms with Crippen LogP contribution in [-0.4, -0.2) is 80.8 Å². The number of carbonyl (C=O) groups is 1. The number of phenolic OH excluding ortho intramolecular Hbond substituents is 2. The highest BCUT2D eigenvalue weighted by Gasteiger charge is 2.45. The first-order valence-electron chi connectivity index (χ1n) is 9.89. The van der Waals surface area contributed by atoms with Crippen molar-refractivity contribution in [3.63, 3.8) is 0 Å². The Morgan fingerprint density at radius 3 is 2.45 bits per heavy atom. The fraction of sp³-hybridized carbons (Fsp3) is 0.318. The molecular formula is C22H22O11. The van der Waals surface area contributed by atoms with Gasteiger partial charge in [0.05, 0.1) is 13.7 Å². The van der Waals surface area contributed by atoms with Crippen LogP contribution in [0.5, 0.6) is 28.7 Å². The second kappa shape index (κ2) is 8.89. The van der Waals surface area contributed by atoms with E-state index in [0.717, 1.165) is 0 Å². The first-order chi connectivity index (χ1) is 15.7. The molecule has 0 spiro atoms. The van der Waals surface area contributed by atoms with Crippen molar-refractivity contribution in [3.8, 4) is 28.7 Å². The van der Waals surface area contributed by atoms with Crippen molar-refractivity contribution in [3.05, 3.63) is 47.2 Å². The van der Waals surface area contributed by atoms with E-state index in [4.69, 9.17) is 18.9 Å².